The zero-order chi connectivity index (χ0) is 16.3. The van der Waals surface area contributed by atoms with Gasteiger partial charge in [0, 0.05) is 17.8 Å². The SMILES string of the molecule is CC(C)(C)C(=O)[C@@H](NC(=O)Cc1cccnc1)C(C)(C)C. The number of pyridine rings is 1. The standard InChI is InChI=1S/C17H26N2O2/c1-16(2,3)14(15(21)17(4,5)6)19-13(20)10-12-8-7-9-18-11-12/h7-9,11,14H,10H2,1-6H3,(H,19,20)/t14-/m1/s1. The Morgan fingerprint density at radius 1 is 1.19 bits per heavy atom. The molecule has 1 aromatic heterocycles. The van der Waals surface area contributed by atoms with E-state index in [1.54, 1.807) is 18.5 Å². The monoisotopic (exact) mass is 290 g/mol. The second kappa shape index (κ2) is 6.37. The Labute approximate surface area is 127 Å². The van der Waals surface area contributed by atoms with Crippen molar-refractivity contribution in [3.8, 4) is 0 Å². The van der Waals surface area contributed by atoms with Crippen LogP contribution in [0.25, 0.3) is 0 Å². The number of amides is 1. The van der Waals surface area contributed by atoms with E-state index < -0.39 is 11.5 Å². The normalized spacial score (nSPS) is 13.6. The summed E-state index contributed by atoms with van der Waals surface area (Å²) in [6.07, 6.45) is 3.57. The third-order valence-electron chi connectivity index (χ3n) is 3.26. The molecular weight excluding hydrogens is 264 g/mol. The summed E-state index contributed by atoms with van der Waals surface area (Å²) in [4.78, 5) is 28.8. The topological polar surface area (TPSA) is 59.1 Å². The molecule has 0 saturated carbocycles. The minimum absolute atomic E-state index is 0.0505. The Kier molecular flexibility index (Phi) is 5.26. The van der Waals surface area contributed by atoms with Crippen LogP contribution in [0.5, 0.6) is 0 Å². The lowest BCUT2D eigenvalue weighted by Crippen LogP contribution is -2.53. The fraction of sp³-hybridized carbons (Fsp3) is 0.588. The lowest BCUT2D eigenvalue weighted by atomic mass is 9.75. The first-order valence-corrected chi connectivity index (χ1v) is 7.24. The molecule has 1 amide bonds. The molecule has 21 heavy (non-hydrogen) atoms. The van der Waals surface area contributed by atoms with E-state index in [2.05, 4.69) is 10.3 Å². The molecule has 1 heterocycles. The molecule has 0 aliphatic carbocycles. The Morgan fingerprint density at radius 2 is 1.81 bits per heavy atom. The van der Waals surface area contributed by atoms with Crippen LogP contribution in [0.2, 0.25) is 0 Å². The van der Waals surface area contributed by atoms with Gasteiger partial charge in [-0.1, -0.05) is 47.6 Å². The molecule has 0 saturated heterocycles. The number of hydrogen-bond donors (Lipinski definition) is 1. The Morgan fingerprint density at radius 3 is 2.24 bits per heavy atom. The summed E-state index contributed by atoms with van der Waals surface area (Å²) in [5, 5.41) is 2.90. The van der Waals surface area contributed by atoms with Gasteiger partial charge >= 0.3 is 0 Å². The van der Waals surface area contributed by atoms with E-state index in [9.17, 15) is 9.59 Å². The maximum atomic E-state index is 12.6. The van der Waals surface area contributed by atoms with E-state index >= 15 is 0 Å². The number of Topliss-reactive ketones (excluding diaryl/α,β-unsaturated/α-hetero) is 1. The summed E-state index contributed by atoms with van der Waals surface area (Å²) in [5.74, 6) is -0.102. The van der Waals surface area contributed by atoms with Crippen molar-refractivity contribution in [2.45, 2.75) is 54.0 Å². The number of ketones is 1. The predicted molar refractivity (Wildman–Crippen MR) is 83.8 cm³/mol. The highest BCUT2D eigenvalue weighted by Gasteiger charge is 2.38. The summed E-state index contributed by atoms with van der Waals surface area (Å²) >= 11 is 0. The average Bonchev–Trinajstić information content (AvgIpc) is 2.34. The van der Waals surface area contributed by atoms with Gasteiger partial charge in [0.2, 0.25) is 5.91 Å². The van der Waals surface area contributed by atoms with E-state index in [0.717, 1.165) is 5.56 Å². The molecule has 1 rings (SSSR count). The molecule has 1 N–H and O–H groups in total. The van der Waals surface area contributed by atoms with E-state index in [1.807, 2.05) is 47.6 Å². The van der Waals surface area contributed by atoms with E-state index in [1.165, 1.54) is 0 Å². The zero-order valence-corrected chi connectivity index (χ0v) is 13.9. The lowest BCUT2D eigenvalue weighted by Gasteiger charge is -2.34. The first kappa shape index (κ1) is 17.3. The van der Waals surface area contributed by atoms with Crippen molar-refractivity contribution in [2.24, 2.45) is 10.8 Å². The molecule has 116 valence electrons. The Balaban J connectivity index is 2.83. The van der Waals surface area contributed by atoms with Gasteiger partial charge in [0.1, 0.15) is 0 Å². The van der Waals surface area contributed by atoms with E-state index in [-0.39, 0.29) is 23.5 Å². The van der Waals surface area contributed by atoms with Crippen molar-refractivity contribution in [3.63, 3.8) is 0 Å². The zero-order valence-electron chi connectivity index (χ0n) is 13.9. The second-order valence-electron chi connectivity index (χ2n) is 7.52. The van der Waals surface area contributed by atoms with Crippen LogP contribution in [0.15, 0.2) is 24.5 Å². The molecule has 0 spiro atoms. The summed E-state index contributed by atoms with van der Waals surface area (Å²) < 4.78 is 0. The van der Waals surface area contributed by atoms with Crippen LogP contribution in [0.1, 0.15) is 47.1 Å². The van der Waals surface area contributed by atoms with Crippen molar-refractivity contribution in [3.05, 3.63) is 30.1 Å². The molecule has 4 heteroatoms. The van der Waals surface area contributed by atoms with Crippen molar-refractivity contribution < 1.29 is 9.59 Å². The third kappa shape index (κ3) is 5.29. The smallest absolute Gasteiger partial charge is 0.225 e. The molecule has 1 atom stereocenters. The Hall–Kier alpha value is -1.71. The molecule has 0 aromatic carbocycles. The van der Waals surface area contributed by atoms with Gasteiger partial charge in [0.15, 0.2) is 5.78 Å². The summed E-state index contributed by atoms with van der Waals surface area (Å²) in [6.45, 7) is 11.5. The number of rotatable bonds is 4. The minimum atomic E-state index is -0.498. The number of nitrogens with one attached hydrogen (secondary N) is 1. The fourth-order valence-electron chi connectivity index (χ4n) is 2.01. The minimum Gasteiger partial charge on any atom is -0.345 e. The van der Waals surface area contributed by atoms with Crippen LogP contribution in [-0.2, 0) is 16.0 Å². The van der Waals surface area contributed by atoms with Crippen molar-refractivity contribution in [2.75, 3.05) is 0 Å². The van der Waals surface area contributed by atoms with Crippen LogP contribution < -0.4 is 5.32 Å². The number of nitrogens with zero attached hydrogens (tertiary/aromatic N) is 1. The van der Waals surface area contributed by atoms with E-state index in [4.69, 9.17) is 0 Å². The van der Waals surface area contributed by atoms with E-state index in [0.29, 0.717) is 0 Å². The largest absolute Gasteiger partial charge is 0.345 e. The van der Waals surface area contributed by atoms with Crippen molar-refractivity contribution in [1.82, 2.24) is 10.3 Å². The number of hydrogen-bond acceptors (Lipinski definition) is 3. The molecule has 0 radical (unpaired) electrons. The molecular formula is C17H26N2O2. The maximum Gasteiger partial charge on any atom is 0.225 e. The highest BCUT2D eigenvalue weighted by molar-refractivity contribution is 5.93. The quantitative estimate of drug-likeness (QED) is 0.927. The molecule has 1 aromatic rings. The van der Waals surface area contributed by atoms with Gasteiger partial charge < -0.3 is 5.32 Å². The molecule has 0 bridgehead atoms. The molecule has 0 fully saturated rings. The highest BCUT2D eigenvalue weighted by Crippen LogP contribution is 2.27. The number of carbonyl (C=O) groups excluding carboxylic acids is 2. The first-order chi connectivity index (χ1) is 9.51. The first-order valence-electron chi connectivity index (χ1n) is 7.24. The second-order valence-corrected chi connectivity index (χ2v) is 7.52. The van der Waals surface area contributed by atoms with Gasteiger partial charge in [-0.25, -0.2) is 0 Å². The van der Waals surface area contributed by atoms with Gasteiger partial charge in [-0.3, -0.25) is 14.6 Å². The summed E-state index contributed by atoms with van der Waals surface area (Å²) in [5.41, 5.74) is 0.0277. The van der Waals surface area contributed by atoms with Crippen molar-refractivity contribution >= 4 is 11.7 Å². The third-order valence-corrected chi connectivity index (χ3v) is 3.26. The highest BCUT2D eigenvalue weighted by atomic mass is 16.2. The van der Waals surface area contributed by atoms with Crippen LogP contribution in [-0.4, -0.2) is 22.7 Å². The van der Waals surface area contributed by atoms with Crippen molar-refractivity contribution in [1.29, 1.82) is 0 Å². The van der Waals surface area contributed by atoms with Crippen LogP contribution in [0.3, 0.4) is 0 Å². The lowest BCUT2D eigenvalue weighted by molar-refractivity contribution is -0.135. The summed E-state index contributed by atoms with van der Waals surface area (Å²) in [7, 11) is 0. The van der Waals surface area contributed by atoms with Crippen LogP contribution >= 0.6 is 0 Å². The van der Waals surface area contributed by atoms with Gasteiger partial charge in [-0.15, -0.1) is 0 Å². The molecule has 4 nitrogen and oxygen atoms in total. The number of aromatic nitrogens is 1. The van der Waals surface area contributed by atoms with Gasteiger partial charge in [-0.05, 0) is 17.0 Å². The predicted octanol–water partition coefficient (Wildman–Crippen LogP) is 2.77. The fourth-order valence-corrected chi connectivity index (χ4v) is 2.01. The number of carbonyl (C=O) groups is 2. The van der Waals surface area contributed by atoms with Gasteiger partial charge in [-0.2, -0.15) is 0 Å². The van der Waals surface area contributed by atoms with Crippen LogP contribution in [0.4, 0.5) is 0 Å². The van der Waals surface area contributed by atoms with Gasteiger partial charge in [0.25, 0.3) is 0 Å². The maximum absolute atomic E-state index is 12.6. The molecule has 0 aliphatic heterocycles. The Bertz CT molecular complexity index is 496. The average molecular weight is 290 g/mol. The molecule has 0 unspecified atom stereocenters. The van der Waals surface area contributed by atoms with Crippen LogP contribution in [0, 0.1) is 10.8 Å². The summed E-state index contributed by atoms with van der Waals surface area (Å²) in [6, 6.07) is 3.15. The molecule has 0 aliphatic rings. The van der Waals surface area contributed by atoms with Gasteiger partial charge in [0.05, 0.1) is 12.5 Å².